The molecule has 1 heterocycles. The highest BCUT2D eigenvalue weighted by Crippen LogP contribution is 2.35. The van der Waals surface area contributed by atoms with Crippen LogP contribution in [-0.2, 0) is 27.2 Å². The fourth-order valence-corrected chi connectivity index (χ4v) is 2.63. The van der Waals surface area contributed by atoms with Gasteiger partial charge in [0, 0.05) is 6.61 Å². The van der Waals surface area contributed by atoms with E-state index in [0.29, 0.717) is 39.8 Å². The Morgan fingerprint density at radius 3 is 2.04 bits per heavy atom. The van der Waals surface area contributed by atoms with Gasteiger partial charge in [-0.3, -0.25) is 0 Å². The summed E-state index contributed by atoms with van der Waals surface area (Å²) in [5.41, 5.74) is 2.47. The highest BCUT2D eigenvalue weighted by atomic mass is 16.7. The first-order valence-corrected chi connectivity index (χ1v) is 9.49. The lowest BCUT2D eigenvalue weighted by Gasteiger charge is -2.12. The number of ether oxygens (including phenoxy) is 5. The molecule has 0 saturated heterocycles. The van der Waals surface area contributed by atoms with E-state index in [1.165, 1.54) is 17.5 Å². The lowest BCUT2D eigenvalue weighted by Crippen LogP contribution is -2.10. The van der Waals surface area contributed by atoms with Crippen molar-refractivity contribution in [2.45, 2.75) is 52.6 Å². The minimum absolute atomic E-state index is 0.307. The largest absolute Gasteiger partial charge is 0.454 e. The van der Waals surface area contributed by atoms with Gasteiger partial charge in [0.05, 0.1) is 33.0 Å². The standard InChI is InChI=1S/C20H32O5/c1-3-5-7-17-13-19-20(25-16-24-19)14-18(17)15-23-12-11-22-10-9-21-8-6-4-2/h13-14H,3-12,15-16H2,1-2H3. The second-order valence-corrected chi connectivity index (χ2v) is 6.21. The molecule has 1 aliphatic rings. The Morgan fingerprint density at radius 1 is 0.760 bits per heavy atom. The molecule has 0 saturated carbocycles. The van der Waals surface area contributed by atoms with Gasteiger partial charge in [-0.1, -0.05) is 26.7 Å². The second-order valence-electron chi connectivity index (χ2n) is 6.21. The van der Waals surface area contributed by atoms with E-state index in [-0.39, 0.29) is 0 Å². The van der Waals surface area contributed by atoms with Gasteiger partial charge in [-0.15, -0.1) is 0 Å². The predicted octanol–water partition coefficient (Wildman–Crippen LogP) is 4.11. The number of unbranched alkanes of at least 4 members (excludes halogenated alkanes) is 2. The number of aryl methyl sites for hydroxylation is 1. The Labute approximate surface area is 151 Å². The van der Waals surface area contributed by atoms with Crippen LogP contribution in [-0.4, -0.2) is 39.8 Å². The summed E-state index contributed by atoms with van der Waals surface area (Å²) in [5.74, 6) is 1.67. The van der Waals surface area contributed by atoms with Gasteiger partial charge in [-0.25, -0.2) is 0 Å². The Hall–Kier alpha value is -1.30. The molecule has 0 amide bonds. The van der Waals surface area contributed by atoms with Crippen LogP contribution in [0.4, 0.5) is 0 Å². The number of benzene rings is 1. The molecule has 5 heteroatoms. The molecular formula is C20H32O5. The first-order valence-electron chi connectivity index (χ1n) is 9.49. The molecule has 0 bridgehead atoms. The third kappa shape index (κ3) is 7.22. The third-order valence-electron chi connectivity index (χ3n) is 4.14. The van der Waals surface area contributed by atoms with Gasteiger partial charge in [-0.2, -0.15) is 0 Å². The van der Waals surface area contributed by atoms with E-state index in [1.54, 1.807) is 0 Å². The van der Waals surface area contributed by atoms with Crippen molar-refractivity contribution in [1.29, 1.82) is 0 Å². The molecule has 1 aliphatic heterocycles. The molecule has 2 rings (SSSR count). The zero-order valence-corrected chi connectivity index (χ0v) is 15.7. The first kappa shape index (κ1) is 20.0. The summed E-state index contributed by atoms with van der Waals surface area (Å²) >= 11 is 0. The molecular weight excluding hydrogens is 320 g/mol. The summed E-state index contributed by atoms with van der Waals surface area (Å²) in [6.45, 7) is 8.51. The number of fused-ring (bicyclic) bond motifs is 1. The van der Waals surface area contributed by atoms with Gasteiger partial charge in [-0.05, 0) is 42.5 Å². The monoisotopic (exact) mass is 352 g/mol. The molecule has 0 N–H and O–H groups in total. The zero-order chi connectivity index (χ0) is 17.7. The fraction of sp³-hybridized carbons (Fsp3) is 0.700. The molecule has 1 aromatic carbocycles. The van der Waals surface area contributed by atoms with E-state index in [1.807, 2.05) is 0 Å². The highest BCUT2D eigenvalue weighted by molar-refractivity contribution is 5.48. The molecule has 0 radical (unpaired) electrons. The molecule has 0 aliphatic carbocycles. The van der Waals surface area contributed by atoms with E-state index >= 15 is 0 Å². The van der Waals surface area contributed by atoms with E-state index in [9.17, 15) is 0 Å². The maximum Gasteiger partial charge on any atom is 0.231 e. The van der Waals surface area contributed by atoms with E-state index in [0.717, 1.165) is 43.8 Å². The summed E-state index contributed by atoms with van der Waals surface area (Å²) in [5, 5.41) is 0. The molecule has 1 aromatic rings. The molecule has 0 fully saturated rings. The van der Waals surface area contributed by atoms with Gasteiger partial charge in [0.1, 0.15) is 0 Å². The van der Waals surface area contributed by atoms with Crippen molar-refractivity contribution in [2.24, 2.45) is 0 Å². The molecule has 5 nitrogen and oxygen atoms in total. The summed E-state index contributed by atoms with van der Waals surface area (Å²) in [7, 11) is 0. The normalized spacial score (nSPS) is 12.7. The highest BCUT2D eigenvalue weighted by Gasteiger charge is 2.17. The lowest BCUT2D eigenvalue weighted by molar-refractivity contribution is 0.0101. The van der Waals surface area contributed by atoms with Gasteiger partial charge in [0.15, 0.2) is 11.5 Å². The van der Waals surface area contributed by atoms with Crippen LogP contribution in [0.25, 0.3) is 0 Å². The Morgan fingerprint density at radius 2 is 1.36 bits per heavy atom. The SMILES string of the molecule is CCCCOCCOCCOCc1cc2c(cc1CCCC)OCO2. The second kappa shape index (κ2) is 12.1. The molecule has 142 valence electrons. The van der Waals surface area contributed by atoms with Crippen molar-refractivity contribution in [3.63, 3.8) is 0 Å². The van der Waals surface area contributed by atoms with Crippen LogP contribution in [0.15, 0.2) is 12.1 Å². The quantitative estimate of drug-likeness (QED) is 0.472. The predicted molar refractivity (Wildman–Crippen MR) is 97.4 cm³/mol. The van der Waals surface area contributed by atoms with Crippen molar-refractivity contribution in [2.75, 3.05) is 39.8 Å². The topological polar surface area (TPSA) is 46.2 Å². The molecule has 0 aromatic heterocycles. The van der Waals surface area contributed by atoms with Gasteiger partial charge >= 0.3 is 0 Å². The van der Waals surface area contributed by atoms with Crippen molar-refractivity contribution in [3.8, 4) is 11.5 Å². The summed E-state index contributed by atoms with van der Waals surface area (Å²) in [6, 6.07) is 4.15. The van der Waals surface area contributed by atoms with E-state index < -0.39 is 0 Å². The Balaban J connectivity index is 1.66. The van der Waals surface area contributed by atoms with Crippen LogP contribution >= 0.6 is 0 Å². The van der Waals surface area contributed by atoms with Crippen LogP contribution in [0.3, 0.4) is 0 Å². The lowest BCUT2D eigenvalue weighted by atomic mass is 10.0. The summed E-state index contributed by atoms with van der Waals surface area (Å²) in [4.78, 5) is 0. The zero-order valence-electron chi connectivity index (χ0n) is 15.7. The van der Waals surface area contributed by atoms with E-state index in [2.05, 4.69) is 26.0 Å². The maximum absolute atomic E-state index is 5.78. The Bertz CT molecular complexity index is 489. The van der Waals surface area contributed by atoms with Crippen molar-refractivity contribution >= 4 is 0 Å². The Kier molecular flexibility index (Phi) is 9.70. The summed E-state index contributed by atoms with van der Waals surface area (Å²) in [6.07, 6.45) is 5.64. The molecule has 0 unspecified atom stereocenters. The third-order valence-corrected chi connectivity index (χ3v) is 4.14. The molecule has 0 atom stereocenters. The number of hydrogen-bond donors (Lipinski definition) is 0. The number of rotatable bonds is 14. The minimum atomic E-state index is 0.307. The van der Waals surface area contributed by atoms with Crippen LogP contribution in [0.2, 0.25) is 0 Å². The van der Waals surface area contributed by atoms with Crippen molar-refractivity contribution < 1.29 is 23.7 Å². The number of hydrogen-bond acceptors (Lipinski definition) is 5. The van der Waals surface area contributed by atoms with Crippen LogP contribution in [0, 0.1) is 0 Å². The molecule has 0 spiro atoms. The van der Waals surface area contributed by atoms with Crippen LogP contribution < -0.4 is 9.47 Å². The van der Waals surface area contributed by atoms with Crippen LogP contribution in [0.5, 0.6) is 11.5 Å². The smallest absolute Gasteiger partial charge is 0.231 e. The van der Waals surface area contributed by atoms with Crippen molar-refractivity contribution in [1.82, 2.24) is 0 Å². The van der Waals surface area contributed by atoms with Gasteiger partial charge in [0.25, 0.3) is 0 Å². The molecule has 25 heavy (non-hydrogen) atoms. The van der Waals surface area contributed by atoms with Gasteiger partial charge < -0.3 is 23.7 Å². The van der Waals surface area contributed by atoms with Crippen molar-refractivity contribution in [3.05, 3.63) is 23.3 Å². The average Bonchev–Trinajstić information content (AvgIpc) is 3.08. The van der Waals surface area contributed by atoms with E-state index in [4.69, 9.17) is 23.7 Å². The summed E-state index contributed by atoms with van der Waals surface area (Å²) < 4.78 is 27.7. The first-order chi connectivity index (χ1) is 12.3. The minimum Gasteiger partial charge on any atom is -0.454 e. The average molecular weight is 352 g/mol. The fourth-order valence-electron chi connectivity index (χ4n) is 2.63. The maximum atomic E-state index is 5.78. The van der Waals surface area contributed by atoms with Crippen LogP contribution in [0.1, 0.15) is 50.7 Å². The van der Waals surface area contributed by atoms with Gasteiger partial charge in [0.2, 0.25) is 6.79 Å².